The van der Waals surface area contributed by atoms with Gasteiger partial charge in [-0.15, -0.1) is 0 Å². The summed E-state index contributed by atoms with van der Waals surface area (Å²) in [5.74, 6) is -0.126. The Morgan fingerprint density at radius 3 is 2.25 bits per heavy atom. The third kappa shape index (κ3) is 5.72. The molecule has 1 unspecified atom stereocenters. The first kappa shape index (κ1) is 21.3. The molecular weight excluding hydrogens is 376 g/mol. The molecular formula is C20H24N4O3S. The van der Waals surface area contributed by atoms with Crippen molar-refractivity contribution in [2.24, 2.45) is 0 Å². The van der Waals surface area contributed by atoms with Crippen molar-refractivity contribution in [2.75, 3.05) is 23.6 Å². The number of benzene rings is 2. The van der Waals surface area contributed by atoms with E-state index in [2.05, 4.69) is 10.0 Å². The third-order valence-electron chi connectivity index (χ3n) is 4.16. The van der Waals surface area contributed by atoms with Gasteiger partial charge in [0.2, 0.25) is 5.91 Å². The van der Waals surface area contributed by atoms with Crippen LogP contribution in [0.1, 0.15) is 18.9 Å². The average Bonchev–Trinajstić information content (AvgIpc) is 2.67. The van der Waals surface area contributed by atoms with Crippen LogP contribution in [0.25, 0.3) is 0 Å². The summed E-state index contributed by atoms with van der Waals surface area (Å²) >= 11 is 0. The van der Waals surface area contributed by atoms with Crippen LogP contribution in [-0.2, 0) is 14.8 Å². The minimum atomic E-state index is -3.66. The molecule has 2 aromatic carbocycles. The van der Waals surface area contributed by atoms with Crippen LogP contribution in [-0.4, -0.2) is 38.9 Å². The van der Waals surface area contributed by atoms with E-state index in [1.54, 1.807) is 62.5 Å². The molecule has 0 saturated heterocycles. The fourth-order valence-corrected chi connectivity index (χ4v) is 3.59. The van der Waals surface area contributed by atoms with E-state index in [1.165, 1.54) is 4.90 Å². The standard InChI is InChI=1S/C20H24N4O3S/c1-15-5-11-19(12-6-15)28(26,27)23-18-9-7-17(8-10-18)22-16(2)20(25)24(3)14-4-13-21/h5-12,16,22-23H,4,14H2,1-3H3. The number of aryl methyl sites for hydroxylation is 1. The van der Waals surface area contributed by atoms with Gasteiger partial charge in [0.15, 0.2) is 0 Å². The molecule has 0 fully saturated rings. The predicted molar refractivity (Wildman–Crippen MR) is 109 cm³/mol. The number of carbonyl (C=O) groups excluding carboxylic acids is 1. The van der Waals surface area contributed by atoms with Gasteiger partial charge in [-0.05, 0) is 50.2 Å². The summed E-state index contributed by atoms with van der Waals surface area (Å²) < 4.78 is 27.4. The van der Waals surface area contributed by atoms with E-state index in [4.69, 9.17) is 5.26 Å². The predicted octanol–water partition coefficient (Wildman–Crippen LogP) is 2.97. The number of rotatable bonds is 8. The van der Waals surface area contributed by atoms with Gasteiger partial charge in [0.25, 0.3) is 10.0 Å². The number of sulfonamides is 1. The molecule has 1 atom stereocenters. The lowest BCUT2D eigenvalue weighted by molar-refractivity contribution is -0.130. The van der Waals surface area contributed by atoms with Gasteiger partial charge in [-0.3, -0.25) is 9.52 Å². The Hall–Kier alpha value is -3.05. The second-order valence-corrected chi connectivity index (χ2v) is 8.21. The molecule has 8 heteroatoms. The Labute approximate surface area is 166 Å². The number of hydrogen-bond donors (Lipinski definition) is 2. The Morgan fingerprint density at radius 1 is 1.11 bits per heavy atom. The third-order valence-corrected chi connectivity index (χ3v) is 5.55. The van der Waals surface area contributed by atoms with Crippen LogP contribution in [0.5, 0.6) is 0 Å². The number of nitrogens with zero attached hydrogens (tertiary/aromatic N) is 2. The molecule has 148 valence electrons. The molecule has 0 radical (unpaired) electrons. The molecule has 0 aliphatic heterocycles. The summed E-state index contributed by atoms with van der Waals surface area (Å²) in [4.78, 5) is 14.0. The fraction of sp³-hybridized carbons (Fsp3) is 0.300. The van der Waals surface area contributed by atoms with Crippen LogP contribution in [0.3, 0.4) is 0 Å². The second kappa shape index (κ2) is 9.24. The maximum Gasteiger partial charge on any atom is 0.261 e. The smallest absolute Gasteiger partial charge is 0.261 e. The number of nitriles is 1. The van der Waals surface area contributed by atoms with Gasteiger partial charge in [0.05, 0.1) is 17.4 Å². The highest BCUT2D eigenvalue weighted by Crippen LogP contribution is 2.19. The van der Waals surface area contributed by atoms with Crippen LogP contribution in [0.4, 0.5) is 11.4 Å². The van der Waals surface area contributed by atoms with Gasteiger partial charge in [-0.1, -0.05) is 17.7 Å². The van der Waals surface area contributed by atoms with Gasteiger partial charge in [-0.2, -0.15) is 5.26 Å². The van der Waals surface area contributed by atoms with Gasteiger partial charge in [0.1, 0.15) is 6.04 Å². The van der Waals surface area contributed by atoms with E-state index in [1.807, 2.05) is 13.0 Å². The number of carbonyl (C=O) groups is 1. The minimum absolute atomic E-state index is 0.126. The van der Waals surface area contributed by atoms with Gasteiger partial charge in [0, 0.05) is 25.0 Å². The average molecular weight is 401 g/mol. The summed E-state index contributed by atoms with van der Waals surface area (Å²) in [6.07, 6.45) is 0.283. The zero-order chi connectivity index (χ0) is 20.7. The largest absolute Gasteiger partial charge is 0.374 e. The van der Waals surface area contributed by atoms with E-state index < -0.39 is 16.1 Å². The molecule has 0 aliphatic carbocycles. The molecule has 0 spiro atoms. The Bertz CT molecular complexity index is 948. The van der Waals surface area contributed by atoms with E-state index in [-0.39, 0.29) is 17.2 Å². The molecule has 1 amide bonds. The van der Waals surface area contributed by atoms with Crippen LogP contribution in [0, 0.1) is 18.3 Å². The van der Waals surface area contributed by atoms with Crippen molar-refractivity contribution < 1.29 is 13.2 Å². The zero-order valence-corrected chi connectivity index (χ0v) is 17.0. The summed E-state index contributed by atoms with van der Waals surface area (Å²) in [5.41, 5.74) is 2.10. The molecule has 2 N–H and O–H groups in total. The lowest BCUT2D eigenvalue weighted by Crippen LogP contribution is -2.39. The van der Waals surface area contributed by atoms with Crippen molar-refractivity contribution in [1.82, 2.24) is 4.90 Å². The lowest BCUT2D eigenvalue weighted by Gasteiger charge is -2.22. The number of likely N-dealkylation sites (N-methyl/N-ethyl adjacent to an activating group) is 1. The van der Waals surface area contributed by atoms with E-state index in [0.717, 1.165) is 5.56 Å². The summed E-state index contributed by atoms with van der Waals surface area (Å²) in [7, 11) is -2.00. The van der Waals surface area contributed by atoms with Crippen LogP contribution in [0.15, 0.2) is 53.4 Å². The first-order chi connectivity index (χ1) is 13.2. The first-order valence-electron chi connectivity index (χ1n) is 8.81. The Kier molecular flexibility index (Phi) is 7.01. The Morgan fingerprint density at radius 2 is 1.68 bits per heavy atom. The van der Waals surface area contributed by atoms with Crippen molar-refractivity contribution in [3.63, 3.8) is 0 Å². The minimum Gasteiger partial charge on any atom is -0.374 e. The maximum atomic E-state index is 12.4. The van der Waals surface area contributed by atoms with Crippen molar-refractivity contribution >= 4 is 27.3 Å². The molecule has 0 bridgehead atoms. The number of hydrogen-bond acceptors (Lipinski definition) is 5. The highest BCUT2D eigenvalue weighted by atomic mass is 32.2. The first-order valence-corrected chi connectivity index (χ1v) is 10.3. The maximum absolute atomic E-state index is 12.4. The number of nitrogens with one attached hydrogen (secondary N) is 2. The van der Waals surface area contributed by atoms with Crippen molar-refractivity contribution in [3.05, 3.63) is 54.1 Å². The summed E-state index contributed by atoms with van der Waals surface area (Å²) in [5, 5.41) is 11.7. The molecule has 2 rings (SSSR count). The van der Waals surface area contributed by atoms with Gasteiger partial charge >= 0.3 is 0 Å². The van der Waals surface area contributed by atoms with Crippen molar-refractivity contribution in [1.29, 1.82) is 5.26 Å². The van der Waals surface area contributed by atoms with Crippen molar-refractivity contribution in [3.8, 4) is 6.07 Å². The normalized spacial score (nSPS) is 11.9. The van der Waals surface area contributed by atoms with E-state index >= 15 is 0 Å². The summed E-state index contributed by atoms with van der Waals surface area (Å²) in [6.45, 7) is 4.00. The SMILES string of the molecule is Cc1ccc(S(=O)(=O)Nc2ccc(NC(C)C(=O)N(C)CCC#N)cc2)cc1. The van der Waals surface area contributed by atoms with Gasteiger partial charge < -0.3 is 10.2 Å². The lowest BCUT2D eigenvalue weighted by atomic mass is 10.2. The number of amides is 1. The zero-order valence-electron chi connectivity index (χ0n) is 16.1. The monoisotopic (exact) mass is 400 g/mol. The molecule has 28 heavy (non-hydrogen) atoms. The molecule has 0 saturated carbocycles. The molecule has 7 nitrogen and oxygen atoms in total. The summed E-state index contributed by atoms with van der Waals surface area (Å²) in [6, 6.07) is 14.8. The molecule has 0 heterocycles. The van der Waals surface area contributed by atoms with E-state index in [0.29, 0.717) is 17.9 Å². The van der Waals surface area contributed by atoms with Gasteiger partial charge in [-0.25, -0.2) is 8.42 Å². The highest BCUT2D eigenvalue weighted by molar-refractivity contribution is 7.92. The molecule has 2 aromatic rings. The van der Waals surface area contributed by atoms with Crippen LogP contribution in [0.2, 0.25) is 0 Å². The van der Waals surface area contributed by atoms with Crippen LogP contribution < -0.4 is 10.0 Å². The van der Waals surface area contributed by atoms with Crippen LogP contribution >= 0.6 is 0 Å². The Balaban J connectivity index is 2.00. The fourth-order valence-electron chi connectivity index (χ4n) is 2.54. The molecule has 0 aromatic heterocycles. The number of anilines is 2. The topological polar surface area (TPSA) is 102 Å². The quantitative estimate of drug-likeness (QED) is 0.709. The van der Waals surface area contributed by atoms with E-state index in [9.17, 15) is 13.2 Å². The van der Waals surface area contributed by atoms with Crippen molar-refractivity contribution in [2.45, 2.75) is 31.2 Å². The highest BCUT2D eigenvalue weighted by Gasteiger charge is 2.17. The second-order valence-electron chi connectivity index (χ2n) is 6.53. The molecule has 0 aliphatic rings.